The molecule has 2 aliphatic rings. The van der Waals surface area contributed by atoms with Gasteiger partial charge in [0.2, 0.25) is 0 Å². The molecule has 8 nitrogen and oxygen atoms in total. The molecule has 0 saturated carbocycles. The molecule has 3 aromatic carbocycles. The Balaban J connectivity index is 1.18. The lowest BCUT2D eigenvalue weighted by atomic mass is 10.1. The van der Waals surface area contributed by atoms with Gasteiger partial charge in [-0.05, 0) is 48.5 Å². The first kappa shape index (κ1) is 21.0. The van der Waals surface area contributed by atoms with Crippen LogP contribution in [0, 0.1) is 0 Å². The van der Waals surface area contributed by atoms with E-state index < -0.39 is 11.8 Å². The molecule has 2 aliphatic heterocycles. The number of rotatable bonds is 3. The van der Waals surface area contributed by atoms with Crippen LogP contribution < -0.4 is 9.80 Å². The van der Waals surface area contributed by atoms with Crippen molar-refractivity contribution in [3.63, 3.8) is 0 Å². The molecule has 1 aromatic heterocycles. The molecule has 172 valence electrons. The Bertz CT molecular complexity index is 1410. The van der Waals surface area contributed by atoms with Gasteiger partial charge < -0.3 is 9.80 Å². The van der Waals surface area contributed by atoms with Crippen LogP contribution in [0.3, 0.4) is 0 Å². The van der Waals surface area contributed by atoms with E-state index in [1.807, 2.05) is 23.1 Å². The molecule has 0 unspecified atom stereocenters. The summed E-state index contributed by atoms with van der Waals surface area (Å²) >= 11 is 0. The van der Waals surface area contributed by atoms with Gasteiger partial charge in [0.15, 0.2) is 11.4 Å². The Morgan fingerprint density at radius 2 is 1.17 bits per heavy atom. The summed E-state index contributed by atoms with van der Waals surface area (Å²) in [6.07, 6.45) is 0. The van der Waals surface area contributed by atoms with Crippen LogP contribution >= 0.6 is 0 Å². The molecule has 6 rings (SSSR count). The number of benzene rings is 3. The third-order valence-electron chi connectivity index (χ3n) is 6.44. The summed E-state index contributed by atoms with van der Waals surface area (Å²) < 4.78 is 0. The number of para-hydroxylation sites is 3. The Kier molecular flexibility index (Phi) is 4.99. The topological polar surface area (TPSA) is 86.7 Å². The van der Waals surface area contributed by atoms with Gasteiger partial charge >= 0.3 is 0 Å². The molecule has 0 radical (unpaired) electrons. The number of anilines is 2. The second-order valence-electron chi connectivity index (χ2n) is 8.52. The van der Waals surface area contributed by atoms with E-state index in [1.165, 1.54) is 0 Å². The van der Waals surface area contributed by atoms with Crippen molar-refractivity contribution in [2.45, 2.75) is 0 Å². The molecule has 0 atom stereocenters. The van der Waals surface area contributed by atoms with E-state index in [-0.39, 0.29) is 17.3 Å². The van der Waals surface area contributed by atoms with Gasteiger partial charge in [-0.3, -0.25) is 14.4 Å². The van der Waals surface area contributed by atoms with Crippen LogP contribution in [-0.4, -0.2) is 58.8 Å². The maximum Gasteiger partial charge on any atom is 0.286 e. The summed E-state index contributed by atoms with van der Waals surface area (Å²) in [5, 5.41) is 0. The zero-order chi connectivity index (χ0) is 23.9. The minimum absolute atomic E-state index is 0.0464. The van der Waals surface area contributed by atoms with Crippen LogP contribution in [0.4, 0.5) is 11.4 Å². The molecule has 8 heteroatoms. The molecule has 35 heavy (non-hydrogen) atoms. The molecule has 0 aliphatic carbocycles. The number of piperazine rings is 1. The Hall–Kier alpha value is -4.59. The monoisotopic (exact) mass is 463 g/mol. The van der Waals surface area contributed by atoms with Gasteiger partial charge in [0, 0.05) is 37.4 Å². The summed E-state index contributed by atoms with van der Waals surface area (Å²) in [4.78, 5) is 52.9. The quantitative estimate of drug-likeness (QED) is 0.433. The fourth-order valence-corrected chi connectivity index (χ4v) is 4.58. The number of imide groups is 1. The number of amides is 3. The third-order valence-corrected chi connectivity index (χ3v) is 6.44. The largest absolute Gasteiger partial charge is 0.368 e. The number of aromatic nitrogens is 2. The van der Waals surface area contributed by atoms with E-state index in [9.17, 15) is 14.4 Å². The Labute approximate surface area is 201 Å². The number of hydrogen-bond acceptors (Lipinski definition) is 6. The summed E-state index contributed by atoms with van der Waals surface area (Å²) in [7, 11) is 0. The lowest BCUT2D eigenvalue weighted by Crippen LogP contribution is -2.48. The smallest absolute Gasteiger partial charge is 0.286 e. The summed E-state index contributed by atoms with van der Waals surface area (Å²) in [5.74, 6) is -1.10. The molecule has 1 fully saturated rings. The van der Waals surface area contributed by atoms with Gasteiger partial charge in [0.05, 0.1) is 16.7 Å². The van der Waals surface area contributed by atoms with Crippen molar-refractivity contribution in [2.75, 3.05) is 36.0 Å². The number of hydrogen-bond donors (Lipinski definition) is 0. The molecule has 0 bridgehead atoms. The molecule has 0 spiro atoms. The highest BCUT2D eigenvalue weighted by Crippen LogP contribution is 2.28. The van der Waals surface area contributed by atoms with E-state index in [4.69, 9.17) is 0 Å². The van der Waals surface area contributed by atoms with Crippen LogP contribution in [0.2, 0.25) is 0 Å². The zero-order valence-corrected chi connectivity index (χ0v) is 18.8. The van der Waals surface area contributed by atoms with Gasteiger partial charge in [-0.25, -0.2) is 14.9 Å². The second-order valence-corrected chi connectivity index (χ2v) is 8.52. The first-order valence-corrected chi connectivity index (χ1v) is 11.4. The zero-order valence-electron chi connectivity index (χ0n) is 18.8. The maximum atomic E-state index is 13.1. The molecule has 3 amide bonds. The normalized spacial score (nSPS) is 15.6. The summed E-state index contributed by atoms with van der Waals surface area (Å²) in [6.45, 7) is 2.77. The van der Waals surface area contributed by atoms with Gasteiger partial charge in [0.1, 0.15) is 0 Å². The molecule has 1 saturated heterocycles. The SMILES string of the molecule is O=C(c1ccc(N2C(=O)c3nc4ccccc4nc3C2=O)cc1)N1CCN(c2ccccc2)CC1. The first-order valence-electron chi connectivity index (χ1n) is 11.4. The van der Waals surface area contributed by atoms with Gasteiger partial charge in [-0.2, -0.15) is 0 Å². The van der Waals surface area contributed by atoms with Crippen molar-refractivity contribution in [1.82, 2.24) is 14.9 Å². The molecule has 0 N–H and O–H groups in total. The first-order chi connectivity index (χ1) is 17.1. The van der Waals surface area contributed by atoms with Crippen LogP contribution in [0.25, 0.3) is 11.0 Å². The predicted octanol–water partition coefficient (Wildman–Crippen LogP) is 3.39. The van der Waals surface area contributed by atoms with Gasteiger partial charge in [-0.15, -0.1) is 0 Å². The van der Waals surface area contributed by atoms with Crippen LogP contribution in [0.15, 0.2) is 78.9 Å². The van der Waals surface area contributed by atoms with Crippen molar-refractivity contribution < 1.29 is 14.4 Å². The van der Waals surface area contributed by atoms with Crippen LogP contribution in [0.1, 0.15) is 31.3 Å². The standard InChI is InChI=1S/C27H21N5O3/c33-25(31-16-14-30(15-17-31)19-6-2-1-3-7-19)18-10-12-20(13-11-18)32-26(34)23-24(27(32)35)29-22-9-5-4-8-21(22)28-23/h1-13H,14-17H2. The van der Waals surface area contributed by atoms with E-state index in [2.05, 4.69) is 27.0 Å². The number of carbonyl (C=O) groups is 3. The van der Waals surface area contributed by atoms with E-state index in [0.29, 0.717) is 35.4 Å². The van der Waals surface area contributed by atoms with Crippen LogP contribution in [0.5, 0.6) is 0 Å². The second kappa shape index (κ2) is 8.32. The number of nitrogens with zero attached hydrogens (tertiary/aromatic N) is 5. The summed E-state index contributed by atoms with van der Waals surface area (Å²) in [6, 6.07) is 23.8. The summed E-state index contributed by atoms with van der Waals surface area (Å²) in [5.41, 5.74) is 3.26. The third kappa shape index (κ3) is 3.59. The molecular weight excluding hydrogens is 442 g/mol. The highest BCUT2D eigenvalue weighted by atomic mass is 16.2. The predicted molar refractivity (Wildman–Crippen MR) is 132 cm³/mol. The Morgan fingerprint density at radius 1 is 0.629 bits per heavy atom. The van der Waals surface area contributed by atoms with Crippen LogP contribution in [-0.2, 0) is 0 Å². The van der Waals surface area contributed by atoms with Crippen molar-refractivity contribution in [3.8, 4) is 0 Å². The van der Waals surface area contributed by atoms with Gasteiger partial charge in [-0.1, -0.05) is 30.3 Å². The van der Waals surface area contributed by atoms with Crippen molar-refractivity contribution in [2.24, 2.45) is 0 Å². The highest BCUT2D eigenvalue weighted by Gasteiger charge is 2.40. The number of carbonyl (C=O) groups excluding carboxylic acids is 3. The fourth-order valence-electron chi connectivity index (χ4n) is 4.58. The van der Waals surface area contributed by atoms with Crippen molar-refractivity contribution >= 4 is 40.1 Å². The molecule has 3 heterocycles. The maximum absolute atomic E-state index is 13.1. The fraction of sp³-hybridized carbons (Fsp3) is 0.148. The lowest BCUT2D eigenvalue weighted by Gasteiger charge is -2.36. The van der Waals surface area contributed by atoms with E-state index >= 15 is 0 Å². The lowest BCUT2D eigenvalue weighted by molar-refractivity contribution is 0.0746. The van der Waals surface area contributed by atoms with E-state index in [1.54, 1.807) is 48.5 Å². The molecular formula is C27H21N5O3. The van der Waals surface area contributed by atoms with Gasteiger partial charge in [0.25, 0.3) is 17.7 Å². The minimum Gasteiger partial charge on any atom is -0.368 e. The minimum atomic E-state index is -0.514. The highest BCUT2D eigenvalue weighted by molar-refractivity contribution is 6.33. The van der Waals surface area contributed by atoms with E-state index in [0.717, 1.165) is 23.7 Å². The number of fused-ring (bicyclic) bond motifs is 2. The van der Waals surface area contributed by atoms with Crippen molar-refractivity contribution in [3.05, 3.63) is 95.8 Å². The molecule has 4 aromatic rings. The Morgan fingerprint density at radius 3 is 1.74 bits per heavy atom. The van der Waals surface area contributed by atoms with Crippen molar-refractivity contribution in [1.29, 1.82) is 0 Å². The average Bonchev–Trinajstić information content (AvgIpc) is 3.16. The average molecular weight is 463 g/mol.